The molecule has 0 atom stereocenters. The molecule has 23 heavy (non-hydrogen) atoms. The number of hydrogen-bond donors (Lipinski definition) is 1. The Hall–Kier alpha value is -2.69. The van der Waals surface area contributed by atoms with Crippen molar-refractivity contribution in [3.05, 3.63) is 69.3 Å². The number of benzene rings is 2. The third kappa shape index (κ3) is 3.94. The Morgan fingerprint density at radius 3 is 2.22 bits per heavy atom. The minimum atomic E-state index is -0.495. The van der Waals surface area contributed by atoms with Crippen LogP contribution in [0.4, 0.5) is 11.4 Å². The summed E-state index contributed by atoms with van der Waals surface area (Å²) in [6.07, 6.45) is 0. The molecule has 120 valence electrons. The fourth-order valence-corrected chi connectivity index (χ4v) is 2.21. The number of nitrogens with zero attached hydrogens (tertiary/aromatic N) is 1. The Morgan fingerprint density at radius 2 is 1.70 bits per heavy atom. The van der Waals surface area contributed by atoms with Gasteiger partial charge in [-0.2, -0.15) is 0 Å². The number of hydrogen-bond acceptors (Lipinski definition) is 3. The van der Waals surface area contributed by atoms with Crippen molar-refractivity contribution in [3.63, 3.8) is 0 Å². The van der Waals surface area contributed by atoms with E-state index >= 15 is 0 Å². The first kappa shape index (κ1) is 16.7. The fraction of sp³-hybridized carbons (Fsp3) is 0.278. The van der Waals surface area contributed by atoms with Gasteiger partial charge in [0.15, 0.2) is 0 Å². The van der Waals surface area contributed by atoms with Crippen LogP contribution < -0.4 is 5.32 Å². The molecule has 2 aromatic carbocycles. The molecule has 0 aliphatic heterocycles. The molecule has 0 saturated carbocycles. The summed E-state index contributed by atoms with van der Waals surface area (Å²) in [7, 11) is 0. The van der Waals surface area contributed by atoms with Gasteiger partial charge in [-0.3, -0.25) is 14.9 Å². The monoisotopic (exact) mass is 312 g/mol. The number of aryl methyl sites for hydroxylation is 1. The molecule has 0 aliphatic carbocycles. The van der Waals surface area contributed by atoms with Crippen LogP contribution in [0.15, 0.2) is 42.5 Å². The lowest BCUT2D eigenvalue weighted by atomic mass is 9.87. The summed E-state index contributed by atoms with van der Waals surface area (Å²) >= 11 is 0. The minimum Gasteiger partial charge on any atom is -0.316 e. The van der Waals surface area contributed by atoms with Crippen LogP contribution in [0.3, 0.4) is 0 Å². The van der Waals surface area contributed by atoms with E-state index in [9.17, 15) is 14.9 Å². The number of nitro groups is 1. The maximum absolute atomic E-state index is 12.3. The highest BCUT2D eigenvalue weighted by Crippen LogP contribution is 2.26. The van der Waals surface area contributed by atoms with E-state index in [0.717, 1.165) is 11.1 Å². The average Bonchev–Trinajstić information content (AvgIpc) is 2.48. The molecule has 5 nitrogen and oxygen atoms in total. The van der Waals surface area contributed by atoms with Crippen molar-refractivity contribution in [1.82, 2.24) is 0 Å². The van der Waals surface area contributed by atoms with Gasteiger partial charge in [0.1, 0.15) is 5.69 Å². The lowest BCUT2D eigenvalue weighted by molar-refractivity contribution is -0.384. The number of nitro benzene ring substituents is 1. The largest absolute Gasteiger partial charge is 0.316 e. The van der Waals surface area contributed by atoms with Gasteiger partial charge in [0, 0.05) is 11.6 Å². The predicted octanol–water partition coefficient (Wildman–Crippen LogP) is 4.45. The Morgan fingerprint density at radius 1 is 1.09 bits per heavy atom. The summed E-state index contributed by atoms with van der Waals surface area (Å²) in [6, 6.07) is 12.0. The summed E-state index contributed by atoms with van der Waals surface area (Å²) in [5.74, 6) is -0.364. The minimum absolute atomic E-state index is 0.00471. The second-order valence-corrected chi connectivity index (χ2v) is 6.56. The topological polar surface area (TPSA) is 72.2 Å². The molecule has 0 radical (unpaired) electrons. The van der Waals surface area contributed by atoms with E-state index in [1.54, 1.807) is 31.2 Å². The van der Waals surface area contributed by atoms with Gasteiger partial charge < -0.3 is 5.32 Å². The van der Waals surface area contributed by atoms with E-state index in [2.05, 4.69) is 26.1 Å². The van der Waals surface area contributed by atoms with Crippen molar-refractivity contribution in [2.24, 2.45) is 0 Å². The van der Waals surface area contributed by atoms with Gasteiger partial charge in [0.05, 0.1) is 4.92 Å². The van der Waals surface area contributed by atoms with Crippen LogP contribution in [0, 0.1) is 17.0 Å². The number of amides is 1. The molecule has 2 aromatic rings. The molecule has 0 saturated heterocycles. The van der Waals surface area contributed by atoms with E-state index in [-0.39, 0.29) is 22.7 Å². The van der Waals surface area contributed by atoms with Crippen molar-refractivity contribution in [3.8, 4) is 0 Å². The zero-order valence-corrected chi connectivity index (χ0v) is 13.7. The van der Waals surface area contributed by atoms with Crippen molar-refractivity contribution in [2.45, 2.75) is 33.1 Å². The van der Waals surface area contributed by atoms with Crippen LogP contribution in [0.1, 0.15) is 42.3 Å². The lowest BCUT2D eigenvalue weighted by Crippen LogP contribution is -2.15. The second-order valence-electron chi connectivity index (χ2n) is 6.56. The number of carbonyl (C=O) groups excluding carboxylic acids is 1. The van der Waals surface area contributed by atoms with Gasteiger partial charge in [-0.25, -0.2) is 0 Å². The third-order valence-electron chi connectivity index (χ3n) is 3.61. The number of anilines is 1. The van der Waals surface area contributed by atoms with E-state index in [1.807, 2.05) is 12.1 Å². The Kier molecular flexibility index (Phi) is 4.50. The average molecular weight is 312 g/mol. The zero-order chi connectivity index (χ0) is 17.2. The van der Waals surface area contributed by atoms with Crippen molar-refractivity contribution >= 4 is 17.3 Å². The van der Waals surface area contributed by atoms with Gasteiger partial charge in [-0.15, -0.1) is 0 Å². The van der Waals surface area contributed by atoms with Gasteiger partial charge in [0.25, 0.3) is 11.6 Å². The summed E-state index contributed by atoms with van der Waals surface area (Å²) in [5.41, 5.74) is 2.45. The van der Waals surface area contributed by atoms with Crippen LogP contribution in [0.2, 0.25) is 0 Å². The van der Waals surface area contributed by atoms with E-state index in [1.165, 1.54) is 6.07 Å². The van der Waals surface area contributed by atoms with Gasteiger partial charge in [-0.1, -0.05) is 39.0 Å². The van der Waals surface area contributed by atoms with Crippen molar-refractivity contribution in [1.29, 1.82) is 0 Å². The second kappa shape index (κ2) is 6.20. The van der Waals surface area contributed by atoms with Crippen LogP contribution in [-0.2, 0) is 5.41 Å². The maximum Gasteiger partial charge on any atom is 0.293 e. The number of nitrogens with one attached hydrogen (secondary N) is 1. The number of carbonyl (C=O) groups is 1. The van der Waals surface area contributed by atoms with Gasteiger partial charge >= 0.3 is 0 Å². The quantitative estimate of drug-likeness (QED) is 0.672. The highest BCUT2D eigenvalue weighted by molar-refractivity contribution is 6.05. The summed E-state index contributed by atoms with van der Waals surface area (Å²) in [5, 5.41) is 13.7. The molecule has 0 spiro atoms. The molecule has 2 rings (SSSR count). The van der Waals surface area contributed by atoms with Crippen molar-refractivity contribution < 1.29 is 9.72 Å². The molecule has 0 aliphatic rings. The molecular weight excluding hydrogens is 292 g/mol. The summed E-state index contributed by atoms with van der Waals surface area (Å²) < 4.78 is 0. The zero-order valence-electron chi connectivity index (χ0n) is 13.7. The van der Waals surface area contributed by atoms with Crippen molar-refractivity contribution in [2.75, 3.05) is 5.32 Å². The van der Waals surface area contributed by atoms with Crippen LogP contribution >= 0.6 is 0 Å². The Labute approximate surface area is 135 Å². The highest BCUT2D eigenvalue weighted by atomic mass is 16.6. The standard InChI is InChI=1S/C18H20N2O3/c1-12-5-10-15(16(11-12)20(22)23)19-17(21)13-6-8-14(9-7-13)18(2,3)4/h5-11H,1-4H3,(H,19,21). The van der Waals surface area contributed by atoms with E-state index in [0.29, 0.717) is 5.56 Å². The van der Waals surface area contributed by atoms with Crippen LogP contribution in [0.25, 0.3) is 0 Å². The normalized spacial score (nSPS) is 11.1. The van der Waals surface area contributed by atoms with Crippen LogP contribution in [-0.4, -0.2) is 10.8 Å². The molecule has 0 fully saturated rings. The molecule has 0 bridgehead atoms. The first-order chi connectivity index (χ1) is 10.7. The van der Waals surface area contributed by atoms with Gasteiger partial charge in [-0.05, 0) is 41.7 Å². The SMILES string of the molecule is Cc1ccc(NC(=O)c2ccc(C(C)(C)C)cc2)c([N+](=O)[O-])c1. The third-order valence-corrected chi connectivity index (χ3v) is 3.61. The van der Waals surface area contributed by atoms with Gasteiger partial charge in [0.2, 0.25) is 0 Å². The number of rotatable bonds is 3. The Bertz CT molecular complexity index is 744. The van der Waals surface area contributed by atoms with E-state index in [4.69, 9.17) is 0 Å². The summed E-state index contributed by atoms with van der Waals surface area (Å²) in [6.45, 7) is 8.05. The van der Waals surface area contributed by atoms with Crippen LogP contribution in [0.5, 0.6) is 0 Å². The Balaban J connectivity index is 2.24. The lowest BCUT2D eigenvalue weighted by Gasteiger charge is -2.19. The molecule has 5 heteroatoms. The fourth-order valence-electron chi connectivity index (χ4n) is 2.21. The summed E-state index contributed by atoms with van der Waals surface area (Å²) in [4.78, 5) is 22.9. The first-order valence-electron chi connectivity index (χ1n) is 7.35. The molecule has 0 heterocycles. The molecule has 1 N–H and O–H groups in total. The molecular formula is C18H20N2O3. The van der Waals surface area contributed by atoms with E-state index < -0.39 is 4.92 Å². The molecule has 1 amide bonds. The molecule has 0 unspecified atom stereocenters. The maximum atomic E-state index is 12.3. The first-order valence-corrected chi connectivity index (χ1v) is 7.35. The highest BCUT2D eigenvalue weighted by Gasteiger charge is 2.18. The smallest absolute Gasteiger partial charge is 0.293 e. The predicted molar refractivity (Wildman–Crippen MR) is 90.9 cm³/mol. The molecule has 0 aromatic heterocycles.